The van der Waals surface area contributed by atoms with Gasteiger partial charge in [0, 0.05) is 19.9 Å². The molecule has 0 N–H and O–H groups in total. The summed E-state index contributed by atoms with van der Waals surface area (Å²) >= 11 is 0. The standard InChI is InChI=1S/C12H16N4O/c1-8(2)4-9(17)5-11-10-6-15-16(3)12(10)14-7-13-11/h6-8H,4-5H2,1-3H3. The number of ketones is 1. The highest BCUT2D eigenvalue weighted by Crippen LogP contribution is 2.15. The second-order valence-corrected chi connectivity index (χ2v) is 4.64. The molecule has 0 amide bonds. The molecule has 2 aromatic rings. The van der Waals surface area contributed by atoms with Crippen LogP contribution in [0.3, 0.4) is 0 Å². The molecule has 0 saturated heterocycles. The normalized spacial score (nSPS) is 11.3. The van der Waals surface area contributed by atoms with Gasteiger partial charge in [0.1, 0.15) is 12.1 Å². The Labute approximate surface area is 99.9 Å². The first-order valence-corrected chi connectivity index (χ1v) is 5.71. The van der Waals surface area contributed by atoms with Gasteiger partial charge in [-0.25, -0.2) is 9.97 Å². The van der Waals surface area contributed by atoms with Crippen molar-refractivity contribution in [1.82, 2.24) is 19.7 Å². The molecule has 0 radical (unpaired) electrons. The zero-order valence-electron chi connectivity index (χ0n) is 10.3. The summed E-state index contributed by atoms with van der Waals surface area (Å²) in [4.78, 5) is 20.1. The van der Waals surface area contributed by atoms with Gasteiger partial charge >= 0.3 is 0 Å². The first-order chi connectivity index (χ1) is 8.08. The summed E-state index contributed by atoms with van der Waals surface area (Å²) in [7, 11) is 1.83. The fourth-order valence-corrected chi connectivity index (χ4v) is 1.87. The molecule has 2 heterocycles. The molecule has 0 aliphatic heterocycles. The number of rotatable bonds is 4. The Morgan fingerprint density at radius 1 is 1.41 bits per heavy atom. The van der Waals surface area contributed by atoms with Crippen LogP contribution in [0.1, 0.15) is 26.0 Å². The molecule has 0 spiro atoms. The molecule has 17 heavy (non-hydrogen) atoms. The summed E-state index contributed by atoms with van der Waals surface area (Å²) in [5.41, 5.74) is 1.54. The smallest absolute Gasteiger partial charge is 0.161 e. The predicted octanol–water partition coefficient (Wildman–Crippen LogP) is 1.52. The van der Waals surface area contributed by atoms with E-state index >= 15 is 0 Å². The minimum absolute atomic E-state index is 0.212. The number of aryl methyl sites for hydroxylation is 1. The first kappa shape index (κ1) is 11.7. The minimum atomic E-state index is 0.212. The average molecular weight is 232 g/mol. The van der Waals surface area contributed by atoms with Gasteiger partial charge in [-0.1, -0.05) is 13.8 Å². The van der Waals surface area contributed by atoms with Crippen LogP contribution in [-0.2, 0) is 18.3 Å². The Kier molecular flexibility index (Phi) is 3.17. The Hall–Kier alpha value is -1.78. The molecule has 0 atom stereocenters. The van der Waals surface area contributed by atoms with E-state index in [-0.39, 0.29) is 5.78 Å². The van der Waals surface area contributed by atoms with E-state index in [4.69, 9.17) is 0 Å². The maximum Gasteiger partial charge on any atom is 0.161 e. The highest BCUT2D eigenvalue weighted by molar-refractivity contribution is 5.86. The molecule has 2 rings (SSSR count). The highest BCUT2D eigenvalue weighted by atomic mass is 16.1. The van der Waals surface area contributed by atoms with Gasteiger partial charge in [0.25, 0.3) is 0 Å². The maximum atomic E-state index is 11.8. The lowest BCUT2D eigenvalue weighted by atomic mass is 10.0. The Balaban J connectivity index is 2.27. The van der Waals surface area contributed by atoms with Gasteiger partial charge in [-0.3, -0.25) is 9.48 Å². The molecule has 0 aromatic carbocycles. The molecule has 0 aliphatic carbocycles. The molecule has 90 valence electrons. The number of nitrogens with zero attached hydrogens (tertiary/aromatic N) is 4. The quantitative estimate of drug-likeness (QED) is 0.802. The lowest BCUT2D eigenvalue weighted by Crippen LogP contribution is -2.08. The molecule has 5 heteroatoms. The largest absolute Gasteiger partial charge is 0.299 e. The van der Waals surface area contributed by atoms with Crippen molar-refractivity contribution in [1.29, 1.82) is 0 Å². The van der Waals surface area contributed by atoms with Crippen LogP contribution in [0.15, 0.2) is 12.5 Å². The molecular weight excluding hydrogens is 216 g/mol. The maximum absolute atomic E-state index is 11.8. The lowest BCUT2D eigenvalue weighted by molar-refractivity contribution is -0.119. The van der Waals surface area contributed by atoms with E-state index < -0.39 is 0 Å². The number of aromatic nitrogens is 4. The van der Waals surface area contributed by atoms with Crippen LogP contribution in [-0.4, -0.2) is 25.5 Å². The Morgan fingerprint density at radius 2 is 2.18 bits per heavy atom. The fraction of sp³-hybridized carbons (Fsp3) is 0.500. The molecular formula is C12H16N4O. The Bertz CT molecular complexity index is 544. The molecule has 0 fully saturated rings. The third-order valence-electron chi connectivity index (χ3n) is 2.61. The van der Waals surface area contributed by atoms with Crippen molar-refractivity contribution < 1.29 is 4.79 Å². The molecule has 0 saturated carbocycles. The summed E-state index contributed by atoms with van der Waals surface area (Å²) in [5.74, 6) is 0.595. The van der Waals surface area contributed by atoms with E-state index in [9.17, 15) is 4.79 Å². The summed E-state index contributed by atoms with van der Waals surface area (Å²) in [6.07, 6.45) is 4.16. The topological polar surface area (TPSA) is 60.7 Å². The summed E-state index contributed by atoms with van der Waals surface area (Å²) < 4.78 is 1.69. The third kappa shape index (κ3) is 2.49. The van der Waals surface area contributed by atoms with E-state index in [1.165, 1.54) is 6.33 Å². The SMILES string of the molecule is CC(C)CC(=O)Cc1ncnc2c1cnn2C. The van der Waals surface area contributed by atoms with Crippen molar-refractivity contribution >= 4 is 16.8 Å². The van der Waals surface area contributed by atoms with Gasteiger partial charge in [0.15, 0.2) is 5.65 Å². The van der Waals surface area contributed by atoms with Crippen LogP contribution in [0, 0.1) is 5.92 Å². The van der Waals surface area contributed by atoms with Crippen LogP contribution >= 0.6 is 0 Å². The van der Waals surface area contributed by atoms with Gasteiger partial charge in [0.2, 0.25) is 0 Å². The molecule has 0 aliphatic rings. The summed E-state index contributed by atoms with van der Waals surface area (Å²) in [5, 5.41) is 5.00. The van der Waals surface area contributed by atoms with Crippen molar-refractivity contribution in [3.05, 3.63) is 18.2 Å². The first-order valence-electron chi connectivity index (χ1n) is 5.71. The highest BCUT2D eigenvalue weighted by Gasteiger charge is 2.12. The number of hydrogen-bond donors (Lipinski definition) is 0. The van der Waals surface area contributed by atoms with E-state index in [0.717, 1.165) is 16.7 Å². The van der Waals surface area contributed by atoms with Crippen LogP contribution in [0.25, 0.3) is 11.0 Å². The van der Waals surface area contributed by atoms with Gasteiger partial charge in [-0.05, 0) is 5.92 Å². The zero-order chi connectivity index (χ0) is 12.4. The van der Waals surface area contributed by atoms with Gasteiger partial charge in [-0.15, -0.1) is 0 Å². The monoisotopic (exact) mass is 232 g/mol. The zero-order valence-corrected chi connectivity index (χ0v) is 10.3. The van der Waals surface area contributed by atoms with E-state index in [2.05, 4.69) is 15.1 Å². The minimum Gasteiger partial charge on any atom is -0.299 e. The van der Waals surface area contributed by atoms with Crippen molar-refractivity contribution in [2.45, 2.75) is 26.7 Å². The van der Waals surface area contributed by atoms with Gasteiger partial charge in [-0.2, -0.15) is 5.10 Å². The molecule has 5 nitrogen and oxygen atoms in total. The van der Waals surface area contributed by atoms with Crippen molar-refractivity contribution in [3.63, 3.8) is 0 Å². The van der Waals surface area contributed by atoms with E-state index in [1.54, 1.807) is 10.9 Å². The number of carbonyl (C=O) groups excluding carboxylic acids is 1. The lowest BCUT2D eigenvalue weighted by Gasteiger charge is -2.04. The number of hydrogen-bond acceptors (Lipinski definition) is 4. The fourth-order valence-electron chi connectivity index (χ4n) is 1.87. The van der Waals surface area contributed by atoms with Gasteiger partial charge < -0.3 is 0 Å². The van der Waals surface area contributed by atoms with Crippen LogP contribution in [0.4, 0.5) is 0 Å². The van der Waals surface area contributed by atoms with Crippen molar-refractivity contribution in [3.8, 4) is 0 Å². The predicted molar refractivity (Wildman–Crippen MR) is 64.5 cm³/mol. The van der Waals surface area contributed by atoms with Crippen LogP contribution < -0.4 is 0 Å². The molecule has 0 unspecified atom stereocenters. The number of fused-ring (bicyclic) bond motifs is 1. The van der Waals surface area contributed by atoms with Crippen molar-refractivity contribution in [2.24, 2.45) is 13.0 Å². The van der Waals surface area contributed by atoms with Crippen molar-refractivity contribution in [2.75, 3.05) is 0 Å². The average Bonchev–Trinajstić information content (AvgIpc) is 2.61. The summed E-state index contributed by atoms with van der Waals surface area (Å²) in [6, 6.07) is 0. The number of Topliss-reactive ketones (excluding diaryl/α,β-unsaturated/α-hetero) is 1. The van der Waals surface area contributed by atoms with E-state index in [1.807, 2.05) is 20.9 Å². The van der Waals surface area contributed by atoms with Gasteiger partial charge in [0.05, 0.1) is 17.3 Å². The molecule has 2 aromatic heterocycles. The Morgan fingerprint density at radius 3 is 2.88 bits per heavy atom. The second kappa shape index (κ2) is 4.61. The summed E-state index contributed by atoms with van der Waals surface area (Å²) in [6.45, 7) is 4.08. The second-order valence-electron chi connectivity index (χ2n) is 4.64. The van der Waals surface area contributed by atoms with Crippen LogP contribution in [0.5, 0.6) is 0 Å². The number of carbonyl (C=O) groups is 1. The molecule has 0 bridgehead atoms. The van der Waals surface area contributed by atoms with Crippen LogP contribution in [0.2, 0.25) is 0 Å². The third-order valence-corrected chi connectivity index (χ3v) is 2.61. The van der Waals surface area contributed by atoms with E-state index in [0.29, 0.717) is 18.8 Å².